The molecule has 0 aromatic rings. The second-order valence-electron chi connectivity index (χ2n) is 3.29. The molecule has 0 radical (unpaired) electrons. The lowest BCUT2D eigenvalue weighted by Gasteiger charge is -2.15. The predicted octanol–water partition coefficient (Wildman–Crippen LogP) is 1.14. The maximum absolute atomic E-state index is 10.7. The van der Waals surface area contributed by atoms with Gasteiger partial charge in [0.2, 0.25) is 0 Å². The fourth-order valence-corrected chi connectivity index (χ4v) is 1.99. The second-order valence-corrected chi connectivity index (χ2v) is 4.62. The first-order valence-electron chi connectivity index (χ1n) is 4.79. The van der Waals surface area contributed by atoms with E-state index in [0.717, 1.165) is 32.1 Å². The van der Waals surface area contributed by atoms with Gasteiger partial charge in [0.1, 0.15) is 0 Å². The van der Waals surface area contributed by atoms with Gasteiger partial charge in [-0.2, -0.15) is 13.1 Å². The molecule has 0 amide bonds. The van der Waals surface area contributed by atoms with E-state index in [1.807, 2.05) is 6.92 Å². The van der Waals surface area contributed by atoms with Crippen molar-refractivity contribution in [2.45, 2.75) is 52.0 Å². The largest absolute Gasteiger partial charge is 0.274 e. The summed E-state index contributed by atoms with van der Waals surface area (Å²) >= 11 is 0. The summed E-state index contributed by atoms with van der Waals surface area (Å²) in [4.78, 5) is 0. The quantitative estimate of drug-likeness (QED) is 0.658. The summed E-state index contributed by atoms with van der Waals surface area (Å²) in [6, 6.07) is 0.0138. The molecule has 80 valence electrons. The first-order chi connectivity index (χ1) is 5.99. The minimum Gasteiger partial charge on any atom is -0.216 e. The molecule has 0 aliphatic heterocycles. The van der Waals surface area contributed by atoms with Crippen molar-refractivity contribution < 1.29 is 8.42 Å². The van der Waals surface area contributed by atoms with Crippen LogP contribution in [0.5, 0.6) is 0 Å². The Balaban J connectivity index is 3.94. The molecular weight excluding hydrogens is 188 g/mol. The number of hydrogen-bond acceptors (Lipinski definition) is 2. The Kier molecular flexibility index (Phi) is 6.28. The third-order valence-corrected chi connectivity index (χ3v) is 2.54. The van der Waals surface area contributed by atoms with E-state index in [9.17, 15) is 8.42 Å². The van der Waals surface area contributed by atoms with Gasteiger partial charge < -0.3 is 0 Å². The van der Waals surface area contributed by atoms with Crippen molar-refractivity contribution in [3.63, 3.8) is 0 Å². The zero-order valence-corrected chi connectivity index (χ0v) is 9.23. The molecule has 1 unspecified atom stereocenters. The molecule has 0 saturated heterocycles. The lowest BCUT2D eigenvalue weighted by atomic mass is 10.1. The smallest absolute Gasteiger partial charge is 0.216 e. The van der Waals surface area contributed by atoms with Crippen molar-refractivity contribution in [3.8, 4) is 0 Å². The Hall–Kier alpha value is -0.130. The molecule has 1 atom stereocenters. The number of nitrogens with one attached hydrogen (secondary N) is 1. The summed E-state index contributed by atoms with van der Waals surface area (Å²) in [5.41, 5.74) is 0. The Morgan fingerprint density at radius 3 is 2.23 bits per heavy atom. The van der Waals surface area contributed by atoms with Crippen LogP contribution in [0, 0.1) is 0 Å². The molecule has 0 aliphatic rings. The summed E-state index contributed by atoms with van der Waals surface area (Å²) in [5.74, 6) is 0. The molecule has 0 aromatic carbocycles. The molecule has 5 heteroatoms. The molecule has 0 spiro atoms. The Labute approximate surface area is 81.1 Å². The van der Waals surface area contributed by atoms with Crippen molar-refractivity contribution in [1.82, 2.24) is 4.72 Å². The van der Waals surface area contributed by atoms with Gasteiger partial charge in [-0.1, -0.05) is 33.1 Å². The summed E-state index contributed by atoms with van der Waals surface area (Å²) in [6.07, 6.45) is 4.81. The molecule has 0 saturated carbocycles. The van der Waals surface area contributed by atoms with Crippen LogP contribution in [0.15, 0.2) is 0 Å². The van der Waals surface area contributed by atoms with E-state index in [4.69, 9.17) is 5.14 Å². The predicted molar refractivity (Wildman–Crippen MR) is 54.5 cm³/mol. The summed E-state index contributed by atoms with van der Waals surface area (Å²) in [7, 11) is -3.53. The highest BCUT2D eigenvalue weighted by molar-refractivity contribution is 7.87. The van der Waals surface area contributed by atoms with E-state index in [1.165, 1.54) is 0 Å². The molecule has 3 N–H and O–H groups in total. The summed E-state index contributed by atoms with van der Waals surface area (Å²) < 4.78 is 23.9. The van der Waals surface area contributed by atoms with Crippen LogP contribution < -0.4 is 9.86 Å². The molecule has 13 heavy (non-hydrogen) atoms. The van der Waals surface area contributed by atoms with Gasteiger partial charge in [-0.25, -0.2) is 5.14 Å². The van der Waals surface area contributed by atoms with Gasteiger partial charge in [0, 0.05) is 6.04 Å². The van der Waals surface area contributed by atoms with Gasteiger partial charge in [-0.15, -0.1) is 0 Å². The van der Waals surface area contributed by atoms with Crippen LogP contribution in [0.2, 0.25) is 0 Å². The van der Waals surface area contributed by atoms with E-state index >= 15 is 0 Å². The lowest BCUT2D eigenvalue weighted by Crippen LogP contribution is -2.39. The van der Waals surface area contributed by atoms with E-state index in [-0.39, 0.29) is 6.04 Å². The van der Waals surface area contributed by atoms with Crippen molar-refractivity contribution >= 4 is 10.2 Å². The fraction of sp³-hybridized carbons (Fsp3) is 1.00. The van der Waals surface area contributed by atoms with E-state index in [1.54, 1.807) is 0 Å². The van der Waals surface area contributed by atoms with Gasteiger partial charge in [0.25, 0.3) is 10.2 Å². The van der Waals surface area contributed by atoms with Crippen molar-refractivity contribution in [2.75, 3.05) is 0 Å². The zero-order valence-electron chi connectivity index (χ0n) is 8.41. The highest BCUT2D eigenvalue weighted by Gasteiger charge is 2.12. The third-order valence-electron chi connectivity index (χ3n) is 1.87. The SMILES string of the molecule is CCCCC(CCC)NS(N)(=O)=O. The standard InChI is InChI=1S/C8H20N2O2S/c1-3-5-7-8(6-4-2)10-13(9,11)12/h8,10H,3-7H2,1-2H3,(H2,9,11,12). The van der Waals surface area contributed by atoms with Crippen LogP contribution in [0.1, 0.15) is 46.0 Å². The molecular formula is C8H20N2O2S. The van der Waals surface area contributed by atoms with Gasteiger partial charge in [-0.05, 0) is 12.8 Å². The third kappa shape index (κ3) is 8.21. The van der Waals surface area contributed by atoms with Crippen LogP contribution in [0.25, 0.3) is 0 Å². The van der Waals surface area contributed by atoms with Crippen LogP contribution in [0.3, 0.4) is 0 Å². The molecule has 0 rings (SSSR count). The maximum Gasteiger partial charge on any atom is 0.274 e. The topological polar surface area (TPSA) is 72.2 Å². The molecule has 0 aromatic heterocycles. The highest BCUT2D eigenvalue weighted by Crippen LogP contribution is 2.06. The minimum atomic E-state index is -3.53. The zero-order chi connectivity index (χ0) is 10.3. The van der Waals surface area contributed by atoms with E-state index in [0.29, 0.717) is 0 Å². The van der Waals surface area contributed by atoms with Crippen LogP contribution in [-0.4, -0.2) is 14.5 Å². The monoisotopic (exact) mass is 208 g/mol. The van der Waals surface area contributed by atoms with Crippen molar-refractivity contribution in [3.05, 3.63) is 0 Å². The Morgan fingerprint density at radius 2 is 1.85 bits per heavy atom. The second kappa shape index (κ2) is 6.34. The molecule has 0 bridgehead atoms. The number of nitrogens with two attached hydrogens (primary N) is 1. The normalized spacial score (nSPS) is 14.4. The van der Waals surface area contributed by atoms with Gasteiger partial charge in [0.05, 0.1) is 0 Å². The summed E-state index contributed by atoms with van der Waals surface area (Å²) in [5, 5.41) is 4.90. The fourth-order valence-electron chi connectivity index (χ4n) is 1.29. The van der Waals surface area contributed by atoms with Crippen LogP contribution in [0.4, 0.5) is 0 Å². The van der Waals surface area contributed by atoms with E-state index < -0.39 is 10.2 Å². The first kappa shape index (κ1) is 12.9. The Morgan fingerprint density at radius 1 is 1.23 bits per heavy atom. The van der Waals surface area contributed by atoms with Gasteiger partial charge in [0.15, 0.2) is 0 Å². The minimum absolute atomic E-state index is 0.0138. The lowest BCUT2D eigenvalue weighted by molar-refractivity contribution is 0.484. The highest BCUT2D eigenvalue weighted by atomic mass is 32.2. The summed E-state index contributed by atoms with van der Waals surface area (Å²) in [6.45, 7) is 4.11. The average molecular weight is 208 g/mol. The first-order valence-corrected chi connectivity index (χ1v) is 6.34. The molecule has 4 nitrogen and oxygen atoms in total. The van der Waals surface area contributed by atoms with Gasteiger partial charge in [-0.3, -0.25) is 0 Å². The van der Waals surface area contributed by atoms with Crippen LogP contribution in [-0.2, 0) is 10.2 Å². The number of unbranched alkanes of at least 4 members (excludes halogenated alkanes) is 1. The molecule has 0 aliphatic carbocycles. The maximum atomic E-state index is 10.7. The number of hydrogen-bond donors (Lipinski definition) is 2. The molecule has 0 heterocycles. The van der Waals surface area contributed by atoms with E-state index in [2.05, 4.69) is 11.6 Å². The average Bonchev–Trinajstić information content (AvgIpc) is 1.98. The van der Waals surface area contributed by atoms with Crippen molar-refractivity contribution in [1.29, 1.82) is 0 Å². The Bertz CT molecular complexity index is 214. The van der Waals surface area contributed by atoms with Crippen molar-refractivity contribution in [2.24, 2.45) is 5.14 Å². The number of rotatable bonds is 7. The van der Waals surface area contributed by atoms with Gasteiger partial charge >= 0.3 is 0 Å². The van der Waals surface area contributed by atoms with Crippen LogP contribution >= 0.6 is 0 Å². The molecule has 0 fully saturated rings.